The fraction of sp³-hybridized carbons (Fsp3) is 0.316. The third kappa shape index (κ3) is 6.08. The Balaban J connectivity index is 1.68. The smallest absolute Gasteiger partial charge is 0.286 e. The number of carbonyl (C=O) groups is 3. The van der Waals surface area contributed by atoms with Crippen LogP contribution in [0.1, 0.15) is 36.4 Å². The average molecular weight is 357 g/mol. The molecular weight excluding hydrogens is 334 g/mol. The average Bonchev–Trinajstić information content (AvgIpc) is 3.15. The number of nitrogens with one attached hydrogen (secondary N) is 3. The lowest BCUT2D eigenvalue weighted by molar-refractivity contribution is -0.121. The molecule has 1 aromatic heterocycles. The fourth-order valence-electron chi connectivity index (χ4n) is 2.07. The normalized spacial score (nSPS) is 10.4. The summed E-state index contributed by atoms with van der Waals surface area (Å²) < 4.78 is 4.97. The Morgan fingerprint density at radius 2 is 1.77 bits per heavy atom. The topological polar surface area (TPSA) is 100 Å². The van der Waals surface area contributed by atoms with Crippen LogP contribution in [0.4, 0.5) is 5.69 Å². The molecule has 2 aromatic rings. The molecule has 1 aromatic carbocycles. The minimum Gasteiger partial charge on any atom is -0.459 e. The second-order valence-electron chi connectivity index (χ2n) is 6.10. The van der Waals surface area contributed by atoms with Crippen LogP contribution in [0.2, 0.25) is 0 Å². The van der Waals surface area contributed by atoms with Gasteiger partial charge in [0, 0.05) is 31.1 Å². The molecule has 0 fully saturated rings. The van der Waals surface area contributed by atoms with Crippen LogP contribution in [0.5, 0.6) is 0 Å². The second-order valence-corrected chi connectivity index (χ2v) is 6.10. The molecule has 3 amide bonds. The molecular formula is C19H23N3O4. The van der Waals surface area contributed by atoms with Crippen molar-refractivity contribution < 1.29 is 18.8 Å². The Labute approximate surface area is 152 Å². The number of rotatable bonds is 8. The molecule has 0 bridgehead atoms. The SMILES string of the molecule is CC(C)C(=O)Nc1ccc(CNC(=O)CCNC(=O)c2ccco2)cc1. The number of anilines is 1. The van der Waals surface area contributed by atoms with Crippen molar-refractivity contribution in [2.75, 3.05) is 11.9 Å². The van der Waals surface area contributed by atoms with Gasteiger partial charge in [0.05, 0.1) is 6.26 Å². The summed E-state index contributed by atoms with van der Waals surface area (Å²) in [6.07, 6.45) is 1.59. The first kappa shape index (κ1) is 19.2. The number of carbonyl (C=O) groups excluding carboxylic acids is 3. The van der Waals surface area contributed by atoms with E-state index in [-0.39, 0.29) is 42.4 Å². The monoisotopic (exact) mass is 357 g/mol. The Morgan fingerprint density at radius 1 is 1.04 bits per heavy atom. The van der Waals surface area contributed by atoms with E-state index in [4.69, 9.17) is 4.42 Å². The van der Waals surface area contributed by atoms with E-state index < -0.39 is 0 Å². The van der Waals surface area contributed by atoms with Crippen molar-refractivity contribution in [3.05, 3.63) is 54.0 Å². The van der Waals surface area contributed by atoms with Crippen LogP contribution in [0.3, 0.4) is 0 Å². The lowest BCUT2D eigenvalue weighted by atomic mass is 10.1. The van der Waals surface area contributed by atoms with Gasteiger partial charge < -0.3 is 20.4 Å². The molecule has 0 spiro atoms. The molecule has 7 heteroatoms. The van der Waals surface area contributed by atoms with Gasteiger partial charge in [-0.15, -0.1) is 0 Å². The number of hydrogen-bond acceptors (Lipinski definition) is 4. The highest BCUT2D eigenvalue weighted by Gasteiger charge is 2.09. The van der Waals surface area contributed by atoms with Crippen LogP contribution in [0, 0.1) is 5.92 Å². The van der Waals surface area contributed by atoms with Crippen LogP contribution in [-0.4, -0.2) is 24.3 Å². The zero-order chi connectivity index (χ0) is 18.9. The Hall–Kier alpha value is -3.09. The predicted molar refractivity (Wildman–Crippen MR) is 97.4 cm³/mol. The summed E-state index contributed by atoms with van der Waals surface area (Å²) in [5.74, 6) is -0.413. The quantitative estimate of drug-likeness (QED) is 0.675. The zero-order valence-corrected chi connectivity index (χ0v) is 14.9. The predicted octanol–water partition coefficient (Wildman–Crippen LogP) is 2.31. The van der Waals surface area contributed by atoms with Crippen molar-refractivity contribution in [2.45, 2.75) is 26.8 Å². The summed E-state index contributed by atoms with van der Waals surface area (Å²) in [4.78, 5) is 35.1. The van der Waals surface area contributed by atoms with Gasteiger partial charge in [-0.3, -0.25) is 14.4 Å². The summed E-state index contributed by atoms with van der Waals surface area (Å²) >= 11 is 0. The Morgan fingerprint density at radius 3 is 2.38 bits per heavy atom. The van der Waals surface area contributed by atoms with Gasteiger partial charge in [0.2, 0.25) is 11.8 Å². The molecule has 0 saturated heterocycles. The second kappa shape index (κ2) is 9.41. The van der Waals surface area contributed by atoms with Crippen LogP contribution in [0.25, 0.3) is 0 Å². The Kier molecular flexibility index (Phi) is 6.96. The molecule has 0 aliphatic heterocycles. The highest BCUT2D eigenvalue weighted by Crippen LogP contribution is 2.11. The molecule has 2 rings (SSSR count). The van der Waals surface area contributed by atoms with E-state index in [0.29, 0.717) is 6.54 Å². The van der Waals surface area contributed by atoms with Gasteiger partial charge in [-0.2, -0.15) is 0 Å². The maximum absolute atomic E-state index is 11.8. The van der Waals surface area contributed by atoms with Crippen molar-refractivity contribution in [1.82, 2.24) is 10.6 Å². The summed E-state index contributed by atoms with van der Waals surface area (Å²) in [7, 11) is 0. The first-order valence-corrected chi connectivity index (χ1v) is 8.44. The molecule has 138 valence electrons. The lowest BCUT2D eigenvalue weighted by Gasteiger charge is -2.09. The van der Waals surface area contributed by atoms with Gasteiger partial charge in [-0.05, 0) is 29.8 Å². The number of furan rings is 1. The van der Waals surface area contributed by atoms with Crippen molar-refractivity contribution >= 4 is 23.4 Å². The summed E-state index contributed by atoms with van der Waals surface area (Å²) in [5.41, 5.74) is 1.64. The van der Waals surface area contributed by atoms with Gasteiger partial charge in [0.1, 0.15) is 0 Å². The fourth-order valence-corrected chi connectivity index (χ4v) is 2.07. The van der Waals surface area contributed by atoms with E-state index in [2.05, 4.69) is 16.0 Å². The molecule has 0 aliphatic carbocycles. The molecule has 0 radical (unpaired) electrons. The van der Waals surface area contributed by atoms with E-state index >= 15 is 0 Å². The number of benzene rings is 1. The highest BCUT2D eigenvalue weighted by molar-refractivity contribution is 5.92. The van der Waals surface area contributed by atoms with Crippen molar-refractivity contribution in [1.29, 1.82) is 0 Å². The van der Waals surface area contributed by atoms with Gasteiger partial charge in [-0.1, -0.05) is 26.0 Å². The van der Waals surface area contributed by atoms with Gasteiger partial charge in [-0.25, -0.2) is 0 Å². The maximum Gasteiger partial charge on any atom is 0.286 e. The molecule has 3 N–H and O–H groups in total. The highest BCUT2D eigenvalue weighted by atomic mass is 16.3. The molecule has 1 heterocycles. The summed E-state index contributed by atoms with van der Waals surface area (Å²) in [6, 6.07) is 10.5. The van der Waals surface area contributed by atoms with Crippen LogP contribution < -0.4 is 16.0 Å². The van der Waals surface area contributed by atoms with Crippen LogP contribution >= 0.6 is 0 Å². The number of hydrogen-bond donors (Lipinski definition) is 3. The number of amides is 3. The van der Waals surface area contributed by atoms with E-state index in [1.54, 1.807) is 24.3 Å². The molecule has 0 atom stereocenters. The van der Waals surface area contributed by atoms with Crippen molar-refractivity contribution in [2.24, 2.45) is 5.92 Å². The summed E-state index contributed by atoms with van der Waals surface area (Å²) in [5, 5.41) is 8.21. The molecule has 7 nitrogen and oxygen atoms in total. The van der Waals surface area contributed by atoms with Gasteiger partial charge in [0.25, 0.3) is 5.91 Å². The van der Waals surface area contributed by atoms with E-state index in [1.165, 1.54) is 6.26 Å². The first-order chi connectivity index (χ1) is 12.5. The zero-order valence-electron chi connectivity index (χ0n) is 14.9. The third-order valence-electron chi connectivity index (χ3n) is 3.62. The third-order valence-corrected chi connectivity index (χ3v) is 3.62. The minimum absolute atomic E-state index is 0.0392. The van der Waals surface area contributed by atoms with Crippen molar-refractivity contribution in [3.63, 3.8) is 0 Å². The minimum atomic E-state index is -0.346. The maximum atomic E-state index is 11.8. The first-order valence-electron chi connectivity index (χ1n) is 8.44. The van der Waals surface area contributed by atoms with E-state index in [9.17, 15) is 14.4 Å². The standard InChI is InChI=1S/C19H23N3O4/c1-13(2)18(24)22-15-7-5-14(6-8-15)12-21-17(23)9-10-20-19(25)16-4-3-11-26-16/h3-8,11,13H,9-10,12H2,1-2H3,(H,20,25)(H,21,23)(H,22,24). The van der Waals surface area contributed by atoms with Gasteiger partial charge >= 0.3 is 0 Å². The largest absolute Gasteiger partial charge is 0.459 e. The van der Waals surface area contributed by atoms with Crippen LogP contribution in [-0.2, 0) is 16.1 Å². The van der Waals surface area contributed by atoms with Crippen LogP contribution in [0.15, 0.2) is 47.1 Å². The molecule has 0 aliphatic rings. The van der Waals surface area contributed by atoms with E-state index in [0.717, 1.165) is 11.3 Å². The molecule has 0 saturated carbocycles. The van der Waals surface area contributed by atoms with E-state index in [1.807, 2.05) is 26.0 Å². The molecule has 26 heavy (non-hydrogen) atoms. The Bertz CT molecular complexity index is 737. The lowest BCUT2D eigenvalue weighted by Crippen LogP contribution is -2.30. The van der Waals surface area contributed by atoms with Gasteiger partial charge in [0.15, 0.2) is 5.76 Å². The van der Waals surface area contributed by atoms with Crippen molar-refractivity contribution in [3.8, 4) is 0 Å². The molecule has 0 unspecified atom stereocenters. The summed E-state index contributed by atoms with van der Waals surface area (Å²) in [6.45, 7) is 4.27.